The summed E-state index contributed by atoms with van der Waals surface area (Å²) in [6, 6.07) is 3.53. The standard InChI is InChI=1S/C11H13BrN2O2/c1-2-14-7-8(6-13-14)5-9(15)10-3-4-11(12)16-10/h3-4,6-7,9,15H,2,5H2,1H3. The molecule has 0 fully saturated rings. The van der Waals surface area contributed by atoms with Crippen molar-refractivity contribution in [3.05, 3.63) is 40.5 Å². The first-order valence-corrected chi connectivity index (χ1v) is 5.93. The van der Waals surface area contributed by atoms with Gasteiger partial charge in [-0.05, 0) is 40.5 Å². The molecule has 2 rings (SSSR count). The Labute approximate surface area is 102 Å². The third kappa shape index (κ3) is 2.54. The summed E-state index contributed by atoms with van der Waals surface area (Å²) >= 11 is 3.21. The first-order chi connectivity index (χ1) is 7.69. The number of aliphatic hydroxyl groups is 1. The summed E-state index contributed by atoms with van der Waals surface area (Å²) in [5.41, 5.74) is 1.00. The van der Waals surface area contributed by atoms with Gasteiger partial charge in [0.15, 0.2) is 4.67 Å². The SMILES string of the molecule is CCn1cc(CC(O)c2ccc(Br)o2)cn1. The van der Waals surface area contributed by atoms with E-state index < -0.39 is 6.10 Å². The lowest BCUT2D eigenvalue weighted by Crippen LogP contribution is -1.99. The maximum absolute atomic E-state index is 9.92. The van der Waals surface area contributed by atoms with E-state index in [9.17, 15) is 5.11 Å². The summed E-state index contributed by atoms with van der Waals surface area (Å²) in [7, 11) is 0. The van der Waals surface area contributed by atoms with E-state index in [-0.39, 0.29) is 0 Å². The Hall–Kier alpha value is -1.07. The zero-order valence-corrected chi connectivity index (χ0v) is 10.5. The Morgan fingerprint density at radius 2 is 2.38 bits per heavy atom. The predicted molar refractivity (Wildman–Crippen MR) is 63.0 cm³/mol. The van der Waals surface area contributed by atoms with Crippen molar-refractivity contribution in [1.29, 1.82) is 0 Å². The molecule has 0 saturated heterocycles. The van der Waals surface area contributed by atoms with Gasteiger partial charge in [-0.2, -0.15) is 5.10 Å². The molecule has 0 spiro atoms. The van der Waals surface area contributed by atoms with Gasteiger partial charge in [0.2, 0.25) is 0 Å². The molecule has 0 aliphatic rings. The van der Waals surface area contributed by atoms with Crippen LogP contribution in [0.25, 0.3) is 0 Å². The van der Waals surface area contributed by atoms with Crippen LogP contribution < -0.4 is 0 Å². The summed E-state index contributed by atoms with van der Waals surface area (Å²) in [6.07, 6.45) is 3.59. The molecule has 16 heavy (non-hydrogen) atoms. The van der Waals surface area contributed by atoms with Crippen molar-refractivity contribution in [2.45, 2.75) is 26.0 Å². The molecule has 5 heteroatoms. The van der Waals surface area contributed by atoms with Crippen LogP contribution in [0.5, 0.6) is 0 Å². The predicted octanol–water partition coefficient (Wildman–Crippen LogP) is 2.53. The number of halogens is 1. The Bertz CT molecular complexity index is 464. The van der Waals surface area contributed by atoms with Crippen LogP contribution in [0.1, 0.15) is 24.4 Å². The van der Waals surface area contributed by atoms with Crippen molar-refractivity contribution in [3.63, 3.8) is 0 Å². The minimum absolute atomic E-state index is 0.514. The average Bonchev–Trinajstić information content (AvgIpc) is 2.87. The second-order valence-corrected chi connectivity index (χ2v) is 4.35. The van der Waals surface area contributed by atoms with E-state index in [4.69, 9.17) is 4.42 Å². The minimum atomic E-state index is -0.624. The van der Waals surface area contributed by atoms with Crippen LogP contribution in [-0.2, 0) is 13.0 Å². The van der Waals surface area contributed by atoms with Gasteiger partial charge in [-0.1, -0.05) is 0 Å². The molecule has 0 saturated carbocycles. The minimum Gasteiger partial charge on any atom is -0.452 e. The van der Waals surface area contributed by atoms with E-state index in [1.165, 1.54) is 0 Å². The third-order valence-electron chi connectivity index (χ3n) is 2.36. The molecule has 86 valence electrons. The van der Waals surface area contributed by atoms with Gasteiger partial charge in [0.1, 0.15) is 11.9 Å². The number of nitrogens with zero attached hydrogens (tertiary/aromatic N) is 2. The van der Waals surface area contributed by atoms with Gasteiger partial charge in [0.25, 0.3) is 0 Å². The average molecular weight is 285 g/mol. The maximum atomic E-state index is 9.92. The summed E-state index contributed by atoms with van der Waals surface area (Å²) in [4.78, 5) is 0. The molecule has 2 aromatic rings. The summed E-state index contributed by atoms with van der Waals surface area (Å²) in [6.45, 7) is 2.86. The molecule has 1 unspecified atom stereocenters. The van der Waals surface area contributed by atoms with Crippen LogP contribution >= 0.6 is 15.9 Å². The van der Waals surface area contributed by atoms with Crippen molar-refractivity contribution in [1.82, 2.24) is 9.78 Å². The monoisotopic (exact) mass is 284 g/mol. The van der Waals surface area contributed by atoms with Gasteiger partial charge in [0, 0.05) is 19.2 Å². The highest BCUT2D eigenvalue weighted by atomic mass is 79.9. The Kier molecular flexibility index (Phi) is 3.46. The van der Waals surface area contributed by atoms with Crippen molar-refractivity contribution in [2.24, 2.45) is 0 Å². The van der Waals surface area contributed by atoms with Crippen molar-refractivity contribution >= 4 is 15.9 Å². The van der Waals surface area contributed by atoms with Gasteiger partial charge >= 0.3 is 0 Å². The Morgan fingerprint density at radius 3 is 2.94 bits per heavy atom. The third-order valence-corrected chi connectivity index (χ3v) is 2.79. The fourth-order valence-corrected chi connectivity index (χ4v) is 1.84. The number of hydrogen-bond donors (Lipinski definition) is 1. The normalized spacial score (nSPS) is 12.9. The lowest BCUT2D eigenvalue weighted by Gasteiger charge is -2.04. The fourth-order valence-electron chi connectivity index (χ4n) is 1.52. The number of aromatic nitrogens is 2. The van der Waals surface area contributed by atoms with Gasteiger partial charge < -0.3 is 9.52 Å². The van der Waals surface area contributed by atoms with Crippen LogP contribution in [-0.4, -0.2) is 14.9 Å². The van der Waals surface area contributed by atoms with Gasteiger partial charge in [0.05, 0.1) is 6.20 Å². The van der Waals surface area contributed by atoms with E-state index >= 15 is 0 Å². The molecule has 4 nitrogen and oxygen atoms in total. The van der Waals surface area contributed by atoms with E-state index in [1.807, 2.05) is 17.8 Å². The lowest BCUT2D eigenvalue weighted by atomic mass is 10.1. The topological polar surface area (TPSA) is 51.2 Å². The first kappa shape index (κ1) is 11.4. The zero-order valence-electron chi connectivity index (χ0n) is 8.93. The maximum Gasteiger partial charge on any atom is 0.169 e. The molecular weight excluding hydrogens is 272 g/mol. The summed E-state index contributed by atoms with van der Waals surface area (Å²) in [5, 5.41) is 14.1. The number of furan rings is 1. The highest BCUT2D eigenvalue weighted by Gasteiger charge is 2.13. The molecule has 0 radical (unpaired) electrons. The van der Waals surface area contributed by atoms with E-state index in [0.717, 1.165) is 12.1 Å². The summed E-state index contributed by atoms with van der Waals surface area (Å²) in [5.74, 6) is 0.566. The van der Waals surface area contributed by atoms with Gasteiger partial charge in [-0.15, -0.1) is 0 Å². The van der Waals surface area contributed by atoms with Crippen LogP contribution in [0.2, 0.25) is 0 Å². The molecule has 0 aromatic carbocycles. The Balaban J connectivity index is 2.04. The molecule has 2 aromatic heterocycles. The van der Waals surface area contributed by atoms with Crippen molar-refractivity contribution < 1.29 is 9.52 Å². The number of hydrogen-bond acceptors (Lipinski definition) is 3. The van der Waals surface area contributed by atoms with E-state index in [2.05, 4.69) is 21.0 Å². The molecular formula is C11H13BrN2O2. The number of aliphatic hydroxyl groups excluding tert-OH is 1. The van der Waals surface area contributed by atoms with Gasteiger partial charge in [-0.3, -0.25) is 4.68 Å². The molecule has 0 aliphatic heterocycles. The van der Waals surface area contributed by atoms with E-state index in [0.29, 0.717) is 16.9 Å². The Morgan fingerprint density at radius 1 is 1.56 bits per heavy atom. The highest BCUT2D eigenvalue weighted by molar-refractivity contribution is 9.10. The van der Waals surface area contributed by atoms with Crippen LogP contribution in [0.3, 0.4) is 0 Å². The zero-order chi connectivity index (χ0) is 11.5. The lowest BCUT2D eigenvalue weighted by molar-refractivity contribution is 0.149. The highest BCUT2D eigenvalue weighted by Crippen LogP contribution is 2.23. The smallest absolute Gasteiger partial charge is 0.169 e. The second kappa shape index (κ2) is 4.84. The van der Waals surface area contributed by atoms with Gasteiger partial charge in [-0.25, -0.2) is 0 Å². The number of aryl methyl sites for hydroxylation is 1. The molecule has 0 amide bonds. The van der Waals surface area contributed by atoms with E-state index in [1.54, 1.807) is 18.3 Å². The molecule has 0 bridgehead atoms. The molecule has 2 heterocycles. The molecule has 1 N–H and O–H groups in total. The quantitative estimate of drug-likeness (QED) is 0.939. The summed E-state index contributed by atoms with van der Waals surface area (Å²) < 4.78 is 7.75. The first-order valence-electron chi connectivity index (χ1n) is 5.13. The largest absolute Gasteiger partial charge is 0.452 e. The van der Waals surface area contributed by atoms with Crippen LogP contribution in [0, 0.1) is 0 Å². The molecule has 0 aliphatic carbocycles. The second-order valence-electron chi connectivity index (χ2n) is 3.57. The number of rotatable bonds is 4. The molecule has 1 atom stereocenters. The van der Waals surface area contributed by atoms with Crippen molar-refractivity contribution in [2.75, 3.05) is 0 Å². The van der Waals surface area contributed by atoms with Crippen LogP contribution in [0.4, 0.5) is 0 Å². The van der Waals surface area contributed by atoms with Crippen molar-refractivity contribution in [3.8, 4) is 0 Å². The fraction of sp³-hybridized carbons (Fsp3) is 0.364. The van der Waals surface area contributed by atoms with Crippen LogP contribution in [0.15, 0.2) is 33.6 Å².